The van der Waals surface area contributed by atoms with Crippen LogP contribution >= 0.6 is 0 Å². The van der Waals surface area contributed by atoms with Gasteiger partial charge in [-0.1, -0.05) is 26.8 Å². The molecule has 6 heteroatoms. The normalized spacial score (nSPS) is 28.0. The number of hydrogen-bond donors (Lipinski definition) is 1. The number of amides is 1. The number of nitrogens with one attached hydrogen (secondary N) is 1. The molecule has 0 unspecified atom stereocenters. The van der Waals surface area contributed by atoms with E-state index in [0.29, 0.717) is 23.8 Å². The molecule has 1 aromatic heterocycles. The van der Waals surface area contributed by atoms with Crippen LogP contribution < -0.4 is 10.2 Å². The summed E-state index contributed by atoms with van der Waals surface area (Å²) in [7, 11) is 0. The van der Waals surface area contributed by atoms with Crippen molar-refractivity contribution in [2.45, 2.75) is 65.3 Å². The van der Waals surface area contributed by atoms with E-state index in [1.165, 1.54) is 38.9 Å². The van der Waals surface area contributed by atoms with Crippen LogP contribution in [0.5, 0.6) is 0 Å². The molecule has 164 valence electrons. The lowest BCUT2D eigenvalue weighted by molar-refractivity contribution is -0.122. The van der Waals surface area contributed by atoms with Gasteiger partial charge >= 0.3 is 0 Å². The Balaban J connectivity index is 1.38. The Morgan fingerprint density at radius 3 is 2.50 bits per heavy atom. The molecule has 2 aliphatic heterocycles. The zero-order valence-corrected chi connectivity index (χ0v) is 19.2. The van der Waals surface area contributed by atoms with Crippen molar-refractivity contribution < 1.29 is 4.79 Å². The number of carbonyl (C=O) groups excluding carboxylic acids is 1. The van der Waals surface area contributed by atoms with Crippen molar-refractivity contribution in [2.75, 3.05) is 36.4 Å². The summed E-state index contributed by atoms with van der Waals surface area (Å²) in [5.74, 6) is 3.10. The third kappa shape index (κ3) is 3.98. The van der Waals surface area contributed by atoms with E-state index in [4.69, 9.17) is 0 Å². The molecular formula is C24H37N5O. The lowest BCUT2D eigenvalue weighted by Gasteiger charge is -2.24. The molecule has 1 saturated carbocycles. The summed E-state index contributed by atoms with van der Waals surface area (Å²) in [6.45, 7) is 18.8. The maximum atomic E-state index is 12.8. The van der Waals surface area contributed by atoms with E-state index in [2.05, 4.69) is 47.8 Å². The Morgan fingerprint density at radius 1 is 1.23 bits per heavy atom. The van der Waals surface area contributed by atoms with Crippen molar-refractivity contribution in [3.8, 4) is 0 Å². The van der Waals surface area contributed by atoms with Gasteiger partial charge in [0.05, 0.1) is 5.41 Å². The van der Waals surface area contributed by atoms with E-state index in [9.17, 15) is 4.79 Å². The number of likely N-dealkylation sites (tertiary alicyclic amines) is 1. The fourth-order valence-corrected chi connectivity index (χ4v) is 5.36. The van der Waals surface area contributed by atoms with Gasteiger partial charge in [-0.05, 0) is 63.0 Å². The van der Waals surface area contributed by atoms with Gasteiger partial charge in [0.25, 0.3) is 0 Å². The van der Waals surface area contributed by atoms with Gasteiger partial charge in [-0.15, -0.1) is 16.8 Å². The van der Waals surface area contributed by atoms with Gasteiger partial charge in [-0.2, -0.15) is 0 Å². The number of rotatable bonds is 6. The fraction of sp³-hybridized carbons (Fsp3) is 0.708. The average Bonchev–Trinajstić information content (AvgIpc) is 3.26. The second-order valence-corrected chi connectivity index (χ2v) is 11.2. The van der Waals surface area contributed by atoms with E-state index in [1.54, 1.807) is 11.0 Å². The molecule has 0 aromatic carbocycles. The maximum Gasteiger partial charge on any atom is 0.238 e. The topological polar surface area (TPSA) is 61.4 Å². The van der Waals surface area contributed by atoms with Crippen LogP contribution in [0.25, 0.3) is 0 Å². The number of hydrogen-bond acceptors (Lipinski definition) is 5. The van der Waals surface area contributed by atoms with Crippen LogP contribution in [0.2, 0.25) is 0 Å². The Hall–Kier alpha value is -1.95. The minimum absolute atomic E-state index is 0.0644. The molecule has 1 amide bonds. The number of aromatic nitrogens is 2. The van der Waals surface area contributed by atoms with Gasteiger partial charge < -0.3 is 10.2 Å². The van der Waals surface area contributed by atoms with Crippen LogP contribution in [-0.4, -0.2) is 53.2 Å². The van der Waals surface area contributed by atoms with Crippen LogP contribution in [0.4, 0.5) is 11.6 Å². The van der Waals surface area contributed by atoms with Crippen LogP contribution in [0, 0.1) is 17.3 Å². The maximum absolute atomic E-state index is 12.8. The van der Waals surface area contributed by atoms with Gasteiger partial charge in [0.2, 0.25) is 5.91 Å². The van der Waals surface area contributed by atoms with Crippen molar-refractivity contribution in [3.63, 3.8) is 0 Å². The highest BCUT2D eigenvalue weighted by Crippen LogP contribution is 2.42. The average molecular weight is 412 g/mol. The summed E-state index contributed by atoms with van der Waals surface area (Å²) < 4.78 is 0. The molecule has 2 fully saturated rings. The van der Waals surface area contributed by atoms with Crippen LogP contribution in [-0.2, 0) is 10.2 Å². The van der Waals surface area contributed by atoms with Crippen LogP contribution in [0.1, 0.15) is 59.4 Å². The largest absolute Gasteiger partial charge is 0.366 e. The number of fused-ring (bicyclic) bond motifs is 2. The summed E-state index contributed by atoms with van der Waals surface area (Å²) in [4.78, 5) is 17.1. The van der Waals surface area contributed by atoms with Gasteiger partial charge in [-0.25, -0.2) is 0 Å². The van der Waals surface area contributed by atoms with Crippen LogP contribution in [0.3, 0.4) is 0 Å². The first kappa shape index (κ1) is 21.3. The summed E-state index contributed by atoms with van der Waals surface area (Å²) in [5, 5.41) is 12.5. The van der Waals surface area contributed by atoms with Crippen molar-refractivity contribution >= 4 is 17.5 Å². The molecule has 4 rings (SSSR count). The monoisotopic (exact) mass is 411 g/mol. The first-order valence-electron chi connectivity index (χ1n) is 11.4. The third-order valence-electron chi connectivity index (χ3n) is 7.15. The second-order valence-electron chi connectivity index (χ2n) is 11.2. The summed E-state index contributed by atoms with van der Waals surface area (Å²) in [6.07, 6.45) is 5.38. The highest BCUT2D eigenvalue weighted by atomic mass is 16.2. The first-order chi connectivity index (χ1) is 14.1. The van der Waals surface area contributed by atoms with E-state index >= 15 is 0 Å². The zero-order chi connectivity index (χ0) is 21.7. The molecule has 3 aliphatic rings. The highest BCUT2D eigenvalue weighted by Gasteiger charge is 2.45. The summed E-state index contributed by atoms with van der Waals surface area (Å²) in [5.41, 5.74) is 0.785. The molecule has 30 heavy (non-hydrogen) atoms. The van der Waals surface area contributed by atoms with Crippen molar-refractivity contribution in [1.82, 2.24) is 15.1 Å². The first-order valence-corrected chi connectivity index (χ1v) is 11.4. The predicted molar refractivity (Wildman–Crippen MR) is 122 cm³/mol. The quantitative estimate of drug-likeness (QED) is 0.721. The third-order valence-corrected chi connectivity index (χ3v) is 7.15. The Bertz CT molecular complexity index is 813. The molecule has 0 spiro atoms. The molecule has 3 heterocycles. The molecule has 6 nitrogen and oxygen atoms in total. The molecule has 1 N–H and O–H groups in total. The standard InChI is InChI=1S/C24H37N5O/c1-7-9-29-21-19(24(5,6)22(29)30)13-20(26-27-21)25-18-11-16-14-28(15-17(16)12-18)10-8-23(2,3)4/h7,13,16-18H,1,8-12,14-15H2,2-6H3,(H,25,26)/t16-,17+,18+. The van der Waals surface area contributed by atoms with Crippen molar-refractivity contribution in [1.29, 1.82) is 0 Å². The molecule has 1 saturated heterocycles. The number of nitrogens with zero attached hydrogens (tertiary/aromatic N) is 4. The Kier molecular flexibility index (Phi) is 5.41. The number of carbonyl (C=O) groups is 1. The lowest BCUT2D eigenvalue weighted by atomic mass is 9.87. The minimum atomic E-state index is -0.579. The van der Waals surface area contributed by atoms with Gasteiger partial charge in [-0.3, -0.25) is 9.69 Å². The lowest BCUT2D eigenvalue weighted by Crippen LogP contribution is -2.36. The van der Waals surface area contributed by atoms with Gasteiger partial charge in [0.15, 0.2) is 5.82 Å². The van der Waals surface area contributed by atoms with E-state index in [0.717, 1.165) is 23.2 Å². The van der Waals surface area contributed by atoms with Crippen molar-refractivity contribution in [3.05, 3.63) is 24.3 Å². The highest BCUT2D eigenvalue weighted by molar-refractivity contribution is 6.06. The predicted octanol–water partition coefficient (Wildman–Crippen LogP) is 3.85. The molecule has 1 aliphatic carbocycles. The minimum Gasteiger partial charge on any atom is -0.366 e. The van der Waals surface area contributed by atoms with E-state index < -0.39 is 5.41 Å². The Morgan fingerprint density at radius 2 is 1.90 bits per heavy atom. The van der Waals surface area contributed by atoms with E-state index in [1.807, 2.05) is 19.9 Å². The number of anilines is 2. The molecule has 3 atom stereocenters. The summed E-state index contributed by atoms with van der Waals surface area (Å²) in [6, 6.07) is 2.48. The second kappa shape index (κ2) is 7.63. The van der Waals surface area contributed by atoms with E-state index in [-0.39, 0.29) is 5.91 Å². The smallest absolute Gasteiger partial charge is 0.238 e. The zero-order valence-electron chi connectivity index (χ0n) is 19.2. The summed E-state index contributed by atoms with van der Waals surface area (Å²) >= 11 is 0. The fourth-order valence-electron chi connectivity index (χ4n) is 5.36. The Labute approximate surface area is 181 Å². The van der Waals surface area contributed by atoms with Crippen LogP contribution in [0.15, 0.2) is 18.7 Å². The molecule has 0 bridgehead atoms. The molecule has 1 aromatic rings. The SMILES string of the molecule is C=CCN1C(=O)C(C)(C)c2cc(N[C@H]3C[C@@H]4CN(CCC(C)(C)C)C[C@@H]4C3)nnc21. The van der Waals surface area contributed by atoms with Crippen molar-refractivity contribution in [2.24, 2.45) is 17.3 Å². The van der Waals surface area contributed by atoms with Gasteiger partial charge in [0, 0.05) is 31.2 Å². The van der Waals surface area contributed by atoms with Gasteiger partial charge in [0.1, 0.15) is 5.82 Å². The molecule has 0 radical (unpaired) electrons. The molecular weight excluding hydrogens is 374 g/mol.